The van der Waals surface area contributed by atoms with Gasteiger partial charge in [0.1, 0.15) is 0 Å². The number of benzene rings is 1. The van der Waals surface area contributed by atoms with Crippen molar-refractivity contribution in [1.29, 1.82) is 0 Å². The van der Waals surface area contributed by atoms with E-state index in [1.165, 1.54) is 0 Å². The van der Waals surface area contributed by atoms with Crippen LogP contribution in [0.15, 0.2) is 17.1 Å². The number of rotatable bonds is 6. The summed E-state index contributed by atoms with van der Waals surface area (Å²) in [5.41, 5.74) is -0.439. The minimum atomic E-state index is -1.64. The van der Waals surface area contributed by atoms with Gasteiger partial charge in [-0.25, -0.2) is 13.2 Å². The van der Waals surface area contributed by atoms with Crippen molar-refractivity contribution in [3.05, 3.63) is 29.6 Å². The predicted octanol–water partition coefficient (Wildman–Crippen LogP) is 2.91. The molecule has 1 saturated carbocycles. The van der Waals surface area contributed by atoms with Crippen LogP contribution in [0.2, 0.25) is 0 Å². The molecule has 0 saturated heterocycles. The van der Waals surface area contributed by atoms with E-state index in [1.807, 2.05) is 6.92 Å². The fourth-order valence-corrected chi connectivity index (χ4v) is 4.47. The van der Waals surface area contributed by atoms with E-state index < -0.39 is 39.8 Å². The number of hydrogen-bond acceptors (Lipinski definition) is 3. The average molecular weight is 546 g/mol. The Morgan fingerprint density at radius 1 is 1.24 bits per heavy atom. The molecule has 29 heavy (non-hydrogen) atoms. The van der Waals surface area contributed by atoms with Gasteiger partial charge < -0.3 is 16.0 Å². The monoisotopic (exact) mass is 546 g/mol. The quantitative estimate of drug-likeness (QED) is 0.222. The molecular formula is C18H26F3IN4O2S. The Labute approximate surface area is 188 Å². The van der Waals surface area contributed by atoms with Crippen molar-refractivity contribution in [2.45, 2.75) is 43.9 Å². The highest BCUT2D eigenvalue weighted by Gasteiger charge is 2.26. The molecule has 1 aromatic carbocycles. The first-order valence-electron chi connectivity index (χ1n) is 9.13. The number of anilines is 1. The normalized spacial score (nSPS) is 20.4. The second-order valence-electron chi connectivity index (χ2n) is 6.50. The van der Waals surface area contributed by atoms with Crippen LogP contribution in [-0.2, 0) is 15.6 Å². The number of hydrogen-bond donors (Lipinski definition) is 3. The molecule has 11 heteroatoms. The topological polar surface area (TPSA) is 82.6 Å². The first kappa shape index (κ1) is 25.7. The van der Waals surface area contributed by atoms with Crippen molar-refractivity contribution < 1.29 is 22.2 Å². The van der Waals surface area contributed by atoms with Gasteiger partial charge in [0.2, 0.25) is 5.91 Å². The third kappa shape index (κ3) is 7.43. The van der Waals surface area contributed by atoms with E-state index in [0.29, 0.717) is 11.7 Å². The summed E-state index contributed by atoms with van der Waals surface area (Å²) < 4.78 is 51.8. The Hall–Kier alpha value is -1.37. The molecule has 1 aromatic rings. The molecule has 1 fully saturated rings. The van der Waals surface area contributed by atoms with E-state index in [4.69, 9.17) is 0 Å². The van der Waals surface area contributed by atoms with Gasteiger partial charge in [-0.05, 0) is 31.4 Å². The number of nitrogens with zero attached hydrogens (tertiary/aromatic N) is 1. The molecule has 1 amide bonds. The smallest absolute Gasteiger partial charge is 0.243 e. The van der Waals surface area contributed by atoms with E-state index in [9.17, 15) is 22.2 Å². The molecule has 1 aliphatic carbocycles. The first-order chi connectivity index (χ1) is 13.3. The number of halogens is 4. The summed E-state index contributed by atoms with van der Waals surface area (Å²) >= 11 is 0. The summed E-state index contributed by atoms with van der Waals surface area (Å²) in [6.45, 7) is 1.66. The van der Waals surface area contributed by atoms with Gasteiger partial charge in [0.15, 0.2) is 23.4 Å². The molecule has 0 spiro atoms. The van der Waals surface area contributed by atoms with Crippen molar-refractivity contribution in [3.8, 4) is 0 Å². The standard InChI is InChI=1S/C18H25F3N4O2S.HI/c1-3-28(27)12-6-4-5-11(9-12)24-18(22-2)23-10-15(26)25-14-8-7-13(19)16(20)17(14)21;/h7-8,11-12H,3-6,9-10H2,1-2H3,(H,25,26)(H2,22,23,24);1H. The molecule has 0 heterocycles. The van der Waals surface area contributed by atoms with Crippen LogP contribution < -0.4 is 16.0 Å². The van der Waals surface area contributed by atoms with Gasteiger partial charge in [-0.2, -0.15) is 0 Å². The molecular weight excluding hydrogens is 520 g/mol. The van der Waals surface area contributed by atoms with E-state index >= 15 is 0 Å². The maximum Gasteiger partial charge on any atom is 0.243 e. The second-order valence-corrected chi connectivity index (χ2v) is 8.50. The van der Waals surface area contributed by atoms with E-state index in [0.717, 1.165) is 37.8 Å². The summed E-state index contributed by atoms with van der Waals surface area (Å²) in [4.78, 5) is 16.0. The summed E-state index contributed by atoms with van der Waals surface area (Å²) in [6, 6.07) is 1.78. The molecule has 0 bridgehead atoms. The van der Waals surface area contributed by atoms with Gasteiger partial charge in [-0.1, -0.05) is 13.3 Å². The number of aliphatic imine (C=N–C) groups is 1. The van der Waals surface area contributed by atoms with Crippen LogP contribution in [-0.4, -0.2) is 46.7 Å². The van der Waals surface area contributed by atoms with Crippen molar-refractivity contribution in [3.63, 3.8) is 0 Å². The lowest BCUT2D eigenvalue weighted by Gasteiger charge is -2.30. The maximum absolute atomic E-state index is 13.6. The molecule has 0 radical (unpaired) electrons. The lowest BCUT2D eigenvalue weighted by atomic mass is 9.95. The highest BCUT2D eigenvalue weighted by molar-refractivity contribution is 14.0. The Bertz CT molecular complexity index is 767. The van der Waals surface area contributed by atoms with Crippen molar-refractivity contribution >= 4 is 52.3 Å². The van der Waals surface area contributed by atoms with Crippen LogP contribution in [0.5, 0.6) is 0 Å². The van der Waals surface area contributed by atoms with Crippen LogP contribution >= 0.6 is 24.0 Å². The van der Waals surface area contributed by atoms with Crippen LogP contribution in [0, 0.1) is 17.5 Å². The lowest BCUT2D eigenvalue weighted by Crippen LogP contribution is -2.48. The predicted molar refractivity (Wildman–Crippen MR) is 120 cm³/mol. The minimum absolute atomic E-state index is 0. The molecule has 1 aliphatic rings. The Morgan fingerprint density at radius 3 is 2.62 bits per heavy atom. The average Bonchev–Trinajstić information content (AvgIpc) is 2.71. The van der Waals surface area contributed by atoms with Crippen molar-refractivity contribution in [2.75, 3.05) is 24.7 Å². The van der Waals surface area contributed by atoms with E-state index in [1.54, 1.807) is 7.05 Å². The molecule has 3 N–H and O–H groups in total. The van der Waals surface area contributed by atoms with E-state index in [2.05, 4.69) is 20.9 Å². The van der Waals surface area contributed by atoms with Gasteiger partial charge in [0.25, 0.3) is 0 Å². The lowest BCUT2D eigenvalue weighted by molar-refractivity contribution is -0.115. The highest BCUT2D eigenvalue weighted by atomic mass is 127. The second kappa shape index (κ2) is 12.4. The molecule has 164 valence electrons. The fraction of sp³-hybridized carbons (Fsp3) is 0.556. The molecule has 2 rings (SSSR count). The number of nitrogens with one attached hydrogen (secondary N) is 3. The molecule has 3 atom stereocenters. The number of guanidine groups is 1. The van der Waals surface area contributed by atoms with Crippen LogP contribution in [0.4, 0.5) is 18.9 Å². The zero-order valence-corrected chi connectivity index (χ0v) is 19.4. The summed E-state index contributed by atoms with van der Waals surface area (Å²) in [5, 5.41) is 8.34. The zero-order chi connectivity index (χ0) is 20.7. The van der Waals surface area contributed by atoms with Gasteiger partial charge in [-0.3, -0.25) is 14.0 Å². The van der Waals surface area contributed by atoms with Crippen LogP contribution in [0.3, 0.4) is 0 Å². The third-order valence-corrected chi connectivity index (χ3v) is 6.31. The summed E-state index contributed by atoms with van der Waals surface area (Å²) in [6.07, 6.45) is 3.56. The van der Waals surface area contributed by atoms with Gasteiger partial charge in [0, 0.05) is 34.9 Å². The first-order valence-corrected chi connectivity index (χ1v) is 10.5. The van der Waals surface area contributed by atoms with Crippen LogP contribution in [0.25, 0.3) is 0 Å². The van der Waals surface area contributed by atoms with E-state index in [-0.39, 0.29) is 41.8 Å². The van der Waals surface area contributed by atoms with Gasteiger partial charge in [0.05, 0.1) is 12.2 Å². The summed E-state index contributed by atoms with van der Waals surface area (Å²) in [7, 11) is 0.701. The summed E-state index contributed by atoms with van der Waals surface area (Å²) in [5.74, 6) is -4.04. The molecule has 3 unspecified atom stereocenters. The molecule has 6 nitrogen and oxygen atoms in total. The number of amides is 1. The molecule has 0 aromatic heterocycles. The Kier molecular flexibility index (Phi) is 10.9. The highest BCUT2D eigenvalue weighted by Crippen LogP contribution is 2.23. The minimum Gasteiger partial charge on any atom is -0.354 e. The third-order valence-electron chi connectivity index (χ3n) is 4.57. The Morgan fingerprint density at radius 2 is 1.97 bits per heavy atom. The zero-order valence-electron chi connectivity index (χ0n) is 16.3. The maximum atomic E-state index is 13.6. The van der Waals surface area contributed by atoms with Crippen molar-refractivity contribution in [1.82, 2.24) is 10.6 Å². The van der Waals surface area contributed by atoms with Gasteiger partial charge >= 0.3 is 0 Å². The molecule has 0 aliphatic heterocycles. The fourth-order valence-electron chi connectivity index (χ4n) is 3.12. The number of carbonyl (C=O) groups excluding carboxylic acids is 1. The SMILES string of the molecule is CCS(=O)C1CCCC(NC(=NC)NCC(=O)Nc2ccc(F)c(F)c2F)C1.I. The van der Waals surface area contributed by atoms with Crippen molar-refractivity contribution in [2.24, 2.45) is 4.99 Å². The van der Waals surface area contributed by atoms with Crippen LogP contribution in [0.1, 0.15) is 32.6 Å². The van der Waals surface area contributed by atoms with Gasteiger partial charge in [-0.15, -0.1) is 24.0 Å². The number of carbonyl (C=O) groups is 1. The largest absolute Gasteiger partial charge is 0.354 e. The Balaban J connectivity index is 0.00000420.